The van der Waals surface area contributed by atoms with Gasteiger partial charge >= 0.3 is 15.5 Å². The van der Waals surface area contributed by atoms with Crippen molar-refractivity contribution in [1.82, 2.24) is 4.98 Å². The number of benzene rings is 1. The van der Waals surface area contributed by atoms with Crippen molar-refractivity contribution in [3.05, 3.63) is 35.2 Å². The summed E-state index contributed by atoms with van der Waals surface area (Å²) in [7, 11) is -5.45. The Morgan fingerprint density at radius 1 is 1.24 bits per heavy atom. The van der Waals surface area contributed by atoms with Crippen LogP contribution in [0.25, 0.3) is 11.3 Å². The normalized spacial score (nSPS) is 12.4. The largest absolute Gasteiger partial charge is 0.516 e. The molecule has 2 rings (SSSR count). The molecule has 0 fully saturated rings. The highest BCUT2D eigenvalue weighted by Gasteiger charge is 2.46. The number of nitrogens with zero attached hydrogens (tertiary/aromatic N) is 1. The molecule has 0 atom stereocenters. The highest BCUT2D eigenvalue weighted by atomic mass is 32.2. The van der Waals surface area contributed by atoms with E-state index in [2.05, 4.69) is 4.98 Å². The summed E-state index contributed by atoms with van der Waals surface area (Å²) in [5, 5.41) is 1.12. The first-order valence-electron chi connectivity index (χ1n) is 5.57. The predicted molar refractivity (Wildman–Crippen MR) is 74.0 cm³/mol. The molecule has 5 nitrogen and oxygen atoms in total. The zero-order valence-corrected chi connectivity index (χ0v) is 12.0. The molecular formula is C11H10F3N3O2S2. The smallest absolute Gasteiger partial charge is 0.326 e. The van der Waals surface area contributed by atoms with Crippen LogP contribution in [0.15, 0.2) is 29.6 Å². The minimum Gasteiger partial charge on any atom is -0.326 e. The Morgan fingerprint density at radius 2 is 1.86 bits per heavy atom. The molecule has 2 aromatic rings. The third-order valence-electron chi connectivity index (χ3n) is 2.52. The van der Waals surface area contributed by atoms with Gasteiger partial charge in [-0.2, -0.15) is 21.6 Å². The van der Waals surface area contributed by atoms with Crippen molar-refractivity contribution >= 4 is 26.5 Å². The lowest BCUT2D eigenvalue weighted by Gasteiger charge is -2.07. The van der Waals surface area contributed by atoms with Gasteiger partial charge in [-0.25, -0.2) is 4.98 Å². The van der Waals surface area contributed by atoms with Crippen molar-refractivity contribution in [3.63, 3.8) is 0 Å². The average molecular weight is 337 g/mol. The van der Waals surface area contributed by atoms with Gasteiger partial charge in [-0.15, -0.1) is 11.3 Å². The first kappa shape index (κ1) is 15.7. The predicted octanol–water partition coefficient (Wildman–Crippen LogP) is 2.53. The molecule has 0 saturated carbocycles. The first-order chi connectivity index (χ1) is 9.73. The lowest BCUT2D eigenvalue weighted by atomic mass is 10.1. The summed E-state index contributed by atoms with van der Waals surface area (Å²) in [5.74, 6) is 0. The topological polar surface area (TPSA) is 85.1 Å². The number of aromatic nitrogens is 1. The number of sulfonamides is 1. The van der Waals surface area contributed by atoms with Gasteiger partial charge in [-0.3, -0.25) is 4.72 Å². The van der Waals surface area contributed by atoms with E-state index in [9.17, 15) is 21.6 Å². The maximum atomic E-state index is 12.2. The monoisotopic (exact) mass is 337 g/mol. The fourth-order valence-electron chi connectivity index (χ4n) is 1.44. The Labute approximate surface area is 122 Å². The van der Waals surface area contributed by atoms with Crippen LogP contribution in [-0.4, -0.2) is 18.9 Å². The molecule has 21 heavy (non-hydrogen) atoms. The van der Waals surface area contributed by atoms with E-state index in [0.29, 0.717) is 17.8 Å². The summed E-state index contributed by atoms with van der Waals surface area (Å²) in [6, 6.07) is 6.93. The molecule has 0 saturated heterocycles. The quantitative estimate of drug-likeness (QED) is 0.898. The van der Waals surface area contributed by atoms with Crippen LogP contribution in [0, 0.1) is 0 Å². The zero-order chi connectivity index (χ0) is 15.7. The molecule has 1 aromatic carbocycles. The van der Waals surface area contributed by atoms with Crippen LogP contribution in [0.4, 0.5) is 18.3 Å². The summed E-state index contributed by atoms with van der Waals surface area (Å²) in [5.41, 5.74) is 2.01. The van der Waals surface area contributed by atoms with E-state index in [1.165, 1.54) is 10.1 Å². The molecule has 1 aromatic heterocycles. The molecule has 10 heteroatoms. The number of alkyl halides is 3. The maximum Gasteiger partial charge on any atom is 0.516 e. The van der Waals surface area contributed by atoms with Crippen molar-refractivity contribution in [2.24, 2.45) is 5.73 Å². The van der Waals surface area contributed by atoms with Gasteiger partial charge in [-0.05, 0) is 5.56 Å². The van der Waals surface area contributed by atoms with Gasteiger partial charge in [0.2, 0.25) is 0 Å². The van der Waals surface area contributed by atoms with Crippen LogP contribution in [0.2, 0.25) is 0 Å². The van der Waals surface area contributed by atoms with E-state index in [1.54, 1.807) is 24.3 Å². The molecular weight excluding hydrogens is 327 g/mol. The van der Waals surface area contributed by atoms with Gasteiger partial charge in [0, 0.05) is 17.5 Å². The molecule has 0 unspecified atom stereocenters. The number of thiazole rings is 1. The van der Waals surface area contributed by atoms with Crippen LogP contribution in [0.5, 0.6) is 0 Å². The van der Waals surface area contributed by atoms with E-state index >= 15 is 0 Å². The minimum atomic E-state index is -5.45. The van der Waals surface area contributed by atoms with E-state index < -0.39 is 15.5 Å². The Kier molecular flexibility index (Phi) is 4.21. The first-order valence-corrected chi connectivity index (χ1v) is 7.93. The summed E-state index contributed by atoms with van der Waals surface area (Å²) in [4.78, 5) is 3.83. The molecule has 0 aliphatic heterocycles. The molecule has 0 spiro atoms. The maximum absolute atomic E-state index is 12.2. The van der Waals surface area contributed by atoms with Crippen molar-refractivity contribution in [2.45, 2.75) is 12.1 Å². The summed E-state index contributed by atoms with van der Waals surface area (Å²) in [6.45, 7) is 0.369. The SMILES string of the molecule is NCc1ccc(-c2csc(NS(=O)(=O)C(F)(F)F)n2)cc1. The Balaban J connectivity index is 2.22. The molecule has 0 aliphatic carbocycles. The Bertz CT molecular complexity index is 724. The summed E-state index contributed by atoms with van der Waals surface area (Å²) >= 11 is 0.771. The lowest BCUT2D eigenvalue weighted by Crippen LogP contribution is -2.29. The highest BCUT2D eigenvalue weighted by molar-refractivity contribution is 7.93. The summed E-state index contributed by atoms with van der Waals surface area (Å²) in [6.07, 6.45) is 0. The number of hydrogen-bond acceptors (Lipinski definition) is 5. The third-order valence-corrected chi connectivity index (χ3v) is 4.47. The van der Waals surface area contributed by atoms with Gasteiger partial charge in [0.05, 0.1) is 5.69 Å². The molecule has 1 heterocycles. The third kappa shape index (κ3) is 3.52. The highest BCUT2D eigenvalue weighted by Crippen LogP contribution is 2.29. The van der Waals surface area contributed by atoms with E-state index in [-0.39, 0.29) is 5.13 Å². The van der Waals surface area contributed by atoms with E-state index in [1.807, 2.05) is 0 Å². The Hall–Kier alpha value is -1.65. The van der Waals surface area contributed by atoms with Gasteiger partial charge in [-0.1, -0.05) is 24.3 Å². The molecule has 0 bridgehead atoms. The van der Waals surface area contributed by atoms with Crippen molar-refractivity contribution in [3.8, 4) is 11.3 Å². The number of anilines is 1. The minimum absolute atomic E-state index is 0.342. The van der Waals surface area contributed by atoms with Gasteiger partial charge in [0.1, 0.15) is 0 Å². The van der Waals surface area contributed by atoms with Crippen molar-refractivity contribution < 1.29 is 21.6 Å². The Morgan fingerprint density at radius 3 is 2.38 bits per heavy atom. The molecule has 114 valence electrons. The standard InChI is InChI=1S/C11H10F3N3O2S2/c12-11(13,14)21(18,19)17-10-16-9(6-20-10)8-3-1-7(5-15)2-4-8/h1-4,6H,5,15H2,(H,16,17). The number of nitrogens with two attached hydrogens (primary N) is 1. The van der Waals surface area contributed by atoms with E-state index in [4.69, 9.17) is 5.73 Å². The van der Waals surface area contributed by atoms with Crippen LogP contribution >= 0.6 is 11.3 Å². The number of rotatable bonds is 4. The number of hydrogen-bond donors (Lipinski definition) is 2. The van der Waals surface area contributed by atoms with Crippen LogP contribution < -0.4 is 10.5 Å². The van der Waals surface area contributed by atoms with Crippen molar-refractivity contribution in [2.75, 3.05) is 4.72 Å². The molecule has 0 radical (unpaired) electrons. The van der Waals surface area contributed by atoms with Gasteiger partial charge in [0.15, 0.2) is 5.13 Å². The van der Waals surface area contributed by atoms with Gasteiger partial charge in [0.25, 0.3) is 0 Å². The van der Waals surface area contributed by atoms with Crippen LogP contribution in [0.3, 0.4) is 0 Å². The van der Waals surface area contributed by atoms with Crippen LogP contribution in [-0.2, 0) is 16.6 Å². The summed E-state index contributed by atoms with van der Waals surface area (Å²) < 4.78 is 60.1. The molecule has 0 amide bonds. The zero-order valence-electron chi connectivity index (χ0n) is 10.4. The van der Waals surface area contributed by atoms with Crippen molar-refractivity contribution in [1.29, 1.82) is 0 Å². The van der Waals surface area contributed by atoms with E-state index in [0.717, 1.165) is 16.9 Å². The molecule has 0 aliphatic rings. The fourth-order valence-corrected chi connectivity index (χ4v) is 2.91. The fraction of sp³-hybridized carbons (Fsp3) is 0.182. The average Bonchev–Trinajstić information content (AvgIpc) is 2.85. The number of nitrogens with one attached hydrogen (secondary N) is 1. The second-order valence-corrected chi connectivity index (χ2v) is 6.52. The second kappa shape index (κ2) is 5.62. The molecule has 3 N–H and O–H groups in total. The van der Waals surface area contributed by atoms with Gasteiger partial charge < -0.3 is 5.73 Å². The second-order valence-electron chi connectivity index (χ2n) is 3.99. The lowest BCUT2D eigenvalue weighted by molar-refractivity contribution is -0.0429. The van der Waals surface area contributed by atoms with Crippen LogP contribution in [0.1, 0.15) is 5.56 Å². The number of halogens is 3.